The molecule has 1 heterocycles. The zero-order valence-electron chi connectivity index (χ0n) is 12.7. The van der Waals surface area contributed by atoms with Crippen LogP contribution < -0.4 is 10.2 Å². The van der Waals surface area contributed by atoms with Crippen molar-refractivity contribution in [2.75, 3.05) is 38.1 Å². The molecule has 1 saturated heterocycles. The van der Waals surface area contributed by atoms with E-state index in [1.165, 1.54) is 0 Å². The molecular formula is C16H25N3O. The van der Waals surface area contributed by atoms with E-state index in [2.05, 4.69) is 31.1 Å². The second-order valence-corrected chi connectivity index (χ2v) is 5.57. The lowest BCUT2D eigenvalue weighted by molar-refractivity contribution is 0.0709. The van der Waals surface area contributed by atoms with Gasteiger partial charge in [-0.05, 0) is 37.6 Å². The van der Waals surface area contributed by atoms with Crippen LogP contribution in [0.5, 0.6) is 0 Å². The Morgan fingerprint density at radius 2 is 2.10 bits per heavy atom. The van der Waals surface area contributed by atoms with Crippen LogP contribution in [0.1, 0.15) is 30.6 Å². The van der Waals surface area contributed by atoms with Gasteiger partial charge in [0, 0.05) is 50.5 Å². The summed E-state index contributed by atoms with van der Waals surface area (Å²) in [6, 6.07) is 8.33. The first-order valence-corrected chi connectivity index (χ1v) is 7.45. The third-order valence-corrected chi connectivity index (χ3v) is 3.77. The molecule has 1 aliphatic heterocycles. The molecule has 1 aromatic rings. The molecule has 1 N–H and O–H groups in total. The first-order chi connectivity index (χ1) is 9.61. The summed E-state index contributed by atoms with van der Waals surface area (Å²) >= 11 is 0. The first kappa shape index (κ1) is 14.9. The molecule has 110 valence electrons. The summed E-state index contributed by atoms with van der Waals surface area (Å²) in [6.07, 6.45) is 1.12. The van der Waals surface area contributed by atoms with E-state index < -0.39 is 0 Å². The van der Waals surface area contributed by atoms with Gasteiger partial charge in [-0.1, -0.05) is 6.92 Å². The van der Waals surface area contributed by atoms with Crippen LogP contribution in [0.2, 0.25) is 0 Å². The Morgan fingerprint density at radius 1 is 1.40 bits per heavy atom. The van der Waals surface area contributed by atoms with Gasteiger partial charge in [0.05, 0.1) is 0 Å². The van der Waals surface area contributed by atoms with Crippen LogP contribution in [0, 0.1) is 0 Å². The number of piperazine rings is 1. The SMILES string of the molecule is CCCN(C)c1ccc(C(=O)N2CCNC(C)C2)cc1. The maximum absolute atomic E-state index is 12.4. The Balaban J connectivity index is 2.03. The van der Waals surface area contributed by atoms with Crippen molar-refractivity contribution in [1.29, 1.82) is 0 Å². The number of amides is 1. The molecule has 20 heavy (non-hydrogen) atoms. The third-order valence-electron chi connectivity index (χ3n) is 3.77. The van der Waals surface area contributed by atoms with E-state index in [0.717, 1.165) is 43.9 Å². The van der Waals surface area contributed by atoms with Crippen LogP contribution in [-0.2, 0) is 0 Å². The zero-order valence-corrected chi connectivity index (χ0v) is 12.7. The lowest BCUT2D eigenvalue weighted by atomic mass is 10.1. The van der Waals surface area contributed by atoms with Crippen molar-refractivity contribution < 1.29 is 4.79 Å². The van der Waals surface area contributed by atoms with Crippen molar-refractivity contribution >= 4 is 11.6 Å². The predicted molar refractivity (Wildman–Crippen MR) is 83.4 cm³/mol. The van der Waals surface area contributed by atoms with Crippen LogP contribution in [0.3, 0.4) is 0 Å². The normalized spacial score (nSPS) is 18.9. The van der Waals surface area contributed by atoms with E-state index in [1.54, 1.807) is 0 Å². The minimum absolute atomic E-state index is 0.142. The number of hydrogen-bond donors (Lipinski definition) is 1. The fraction of sp³-hybridized carbons (Fsp3) is 0.562. The molecule has 1 fully saturated rings. The smallest absolute Gasteiger partial charge is 0.253 e. The minimum Gasteiger partial charge on any atom is -0.375 e. The Morgan fingerprint density at radius 3 is 2.70 bits per heavy atom. The third kappa shape index (κ3) is 3.51. The highest BCUT2D eigenvalue weighted by molar-refractivity contribution is 5.94. The molecule has 1 aromatic carbocycles. The molecule has 0 spiro atoms. The maximum Gasteiger partial charge on any atom is 0.253 e. The summed E-state index contributed by atoms with van der Waals surface area (Å²) in [5, 5.41) is 3.36. The highest BCUT2D eigenvalue weighted by atomic mass is 16.2. The van der Waals surface area contributed by atoms with Gasteiger partial charge < -0.3 is 15.1 Å². The topological polar surface area (TPSA) is 35.6 Å². The summed E-state index contributed by atoms with van der Waals surface area (Å²) in [5.41, 5.74) is 1.95. The van der Waals surface area contributed by atoms with Gasteiger partial charge >= 0.3 is 0 Å². The molecule has 4 nitrogen and oxygen atoms in total. The van der Waals surface area contributed by atoms with Crippen molar-refractivity contribution in [2.24, 2.45) is 0 Å². The number of anilines is 1. The number of rotatable bonds is 4. The fourth-order valence-corrected chi connectivity index (χ4v) is 2.62. The van der Waals surface area contributed by atoms with Gasteiger partial charge in [0.25, 0.3) is 5.91 Å². The maximum atomic E-state index is 12.4. The van der Waals surface area contributed by atoms with Crippen LogP contribution in [0.4, 0.5) is 5.69 Å². The Hall–Kier alpha value is -1.55. The second kappa shape index (κ2) is 6.75. The molecule has 1 atom stereocenters. The van der Waals surface area contributed by atoms with Crippen molar-refractivity contribution in [3.8, 4) is 0 Å². The lowest BCUT2D eigenvalue weighted by Crippen LogP contribution is -2.51. The van der Waals surface area contributed by atoms with Gasteiger partial charge in [-0.2, -0.15) is 0 Å². The van der Waals surface area contributed by atoms with Crippen molar-refractivity contribution in [3.63, 3.8) is 0 Å². The summed E-state index contributed by atoms with van der Waals surface area (Å²) < 4.78 is 0. The van der Waals surface area contributed by atoms with Crippen LogP contribution in [-0.4, -0.2) is 50.1 Å². The van der Waals surface area contributed by atoms with E-state index in [-0.39, 0.29) is 5.91 Å². The van der Waals surface area contributed by atoms with E-state index in [1.807, 2.05) is 29.2 Å². The molecular weight excluding hydrogens is 250 g/mol. The molecule has 0 bridgehead atoms. The zero-order chi connectivity index (χ0) is 14.5. The Bertz CT molecular complexity index is 444. The fourth-order valence-electron chi connectivity index (χ4n) is 2.62. The largest absolute Gasteiger partial charge is 0.375 e. The van der Waals surface area contributed by atoms with Crippen LogP contribution in [0.15, 0.2) is 24.3 Å². The number of benzene rings is 1. The Labute approximate surface area is 121 Å². The van der Waals surface area contributed by atoms with Crippen LogP contribution >= 0.6 is 0 Å². The van der Waals surface area contributed by atoms with Crippen molar-refractivity contribution in [3.05, 3.63) is 29.8 Å². The standard InChI is InChI=1S/C16H25N3O/c1-4-10-18(3)15-7-5-14(6-8-15)16(20)19-11-9-17-13(2)12-19/h5-8,13,17H,4,9-12H2,1-3H3. The van der Waals surface area contributed by atoms with Gasteiger partial charge in [0.1, 0.15) is 0 Å². The van der Waals surface area contributed by atoms with Crippen molar-refractivity contribution in [2.45, 2.75) is 26.3 Å². The molecule has 1 unspecified atom stereocenters. The molecule has 2 rings (SSSR count). The number of carbonyl (C=O) groups is 1. The number of hydrogen-bond acceptors (Lipinski definition) is 3. The first-order valence-electron chi connectivity index (χ1n) is 7.45. The Kier molecular flexibility index (Phi) is 5.01. The summed E-state index contributed by atoms with van der Waals surface area (Å²) in [4.78, 5) is 16.6. The molecule has 0 radical (unpaired) electrons. The predicted octanol–water partition coefficient (Wildman–Crippen LogP) is 1.97. The van der Waals surface area contributed by atoms with E-state index in [0.29, 0.717) is 6.04 Å². The molecule has 0 saturated carbocycles. The monoisotopic (exact) mass is 275 g/mol. The molecule has 1 amide bonds. The molecule has 4 heteroatoms. The summed E-state index contributed by atoms with van der Waals surface area (Å²) in [6.45, 7) is 7.77. The molecule has 0 aliphatic carbocycles. The minimum atomic E-state index is 0.142. The van der Waals surface area contributed by atoms with Gasteiger partial charge in [-0.25, -0.2) is 0 Å². The van der Waals surface area contributed by atoms with Crippen molar-refractivity contribution in [1.82, 2.24) is 10.2 Å². The van der Waals surface area contributed by atoms with Crippen LogP contribution in [0.25, 0.3) is 0 Å². The second-order valence-electron chi connectivity index (χ2n) is 5.57. The van der Waals surface area contributed by atoms with Gasteiger partial charge in [-0.3, -0.25) is 4.79 Å². The highest BCUT2D eigenvalue weighted by Gasteiger charge is 2.21. The summed E-state index contributed by atoms with van der Waals surface area (Å²) in [5.74, 6) is 0.142. The quantitative estimate of drug-likeness (QED) is 0.912. The molecule has 1 aliphatic rings. The van der Waals surface area contributed by atoms with Gasteiger partial charge in [0.15, 0.2) is 0 Å². The average Bonchev–Trinajstić information content (AvgIpc) is 2.47. The summed E-state index contributed by atoms with van der Waals surface area (Å²) in [7, 11) is 2.08. The van der Waals surface area contributed by atoms with Gasteiger partial charge in [-0.15, -0.1) is 0 Å². The van der Waals surface area contributed by atoms with E-state index in [4.69, 9.17) is 0 Å². The molecule has 0 aromatic heterocycles. The lowest BCUT2D eigenvalue weighted by Gasteiger charge is -2.32. The number of nitrogens with zero attached hydrogens (tertiary/aromatic N) is 2. The van der Waals surface area contributed by atoms with E-state index in [9.17, 15) is 4.79 Å². The van der Waals surface area contributed by atoms with E-state index >= 15 is 0 Å². The number of carbonyl (C=O) groups excluding carboxylic acids is 1. The average molecular weight is 275 g/mol. The number of nitrogens with one attached hydrogen (secondary N) is 1. The van der Waals surface area contributed by atoms with Gasteiger partial charge in [0.2, 0.25) is 0 Å². The highest BCUT2D eigenvalue weighted by Crippen LogP contribution is 2.16.